The lowest BCUT2D eigenvalue weighted by molar-refractivity contribution is 0.128. The highest BCUT2D eigenvalue weighted by atomic mass is 127. The molecule has 0 amide bonds. The van der Waals surface area contributed by atoms with E-state index in [4.69, 9.17) is 9.47 Å². The Bertz CT molecular complexity index is 593. The van der Waals surface area contributed by atoms with Crippen molar-refractivity contribution in [1.82, 2.24) is 9.97 Å². The van der Waals surface area contributed by atoms with Crippen LogP contribution in [0.25, 0.3) is 0 Å². The Kier molecular flexibility index (Phi) is 6.19. The molecule has 0 aliphatic rings. The molecule has 5 nitrogen and oxygen atoms in total. The maximum absolute atomic E-state index is 5.82. The Labute approximate surface area is 138 Å². The molecule has 1 N–H and O–H groups in total. The van der Waals surface area contributed by atoms with Gasteiger partial charge in [0, 0.05) is 22.8 Å². The molecule has 2 aromatic rings. The SMILES string of the molecule is CCNc1cc(Oc2cccc(I)c2)nc(COCC)n1. The number of nitrogens with zero attached hydrogens (tertiary/aromatic N) is 2. The summed E-state index contributed by atoms with van der Waals surface area (Å²) in [6, 6.07) is 9.61. The number of hydrogen-bond acceptors (Lipinski definition) is 5. The van der Waals surface area contributed by atoms with Crippen molar-refractivity contribution in [1.29, 1.82) is 0 Å². The van der Waals surface area contributed by atoms with Crippen LogP contribution in [0.4, 0.5) is 5.82 Å². The summed E-state index contributed by atoms with van der Waals surface area (Å²) in [6.45, 7) is 5.75. The first-order valence-electron chi connectivity index (χ1n) is 6.84. The van der Waals surface area contributed by atoms with Gasteiger partial charge in [-0.1, -0.05) is 6.07 Å². The van der Waals surface area contributed by atoms with Gasteiger partial charge in [-0.3, -0.25) is 0 Å². The fourth-order valence-electron chi connectivity index (χ4n) is 1.71. The third kappa shape index (κ3) is 5.13. The second-order valence-electron chi connectivity index (χ2n) is 4.23. The van der Waals surface area contributed by atoms with E-state index in [0.29, 0.717) is 24.9 Å². The van der Waals surface area contributed by atoms with E-state index in [9.17, 15) is 0 Å². The van der Waals surface area contributed by atoms with Crippen molar-refractivity contribution in [3.8, 4) is 11.6 Å². The number of ether oxygens (including phenoxy) is 2. The highest BCUT2D eigenvalue weighted by Crippen LogP contribution is 2.23. The van der Waals surface area contributed by atoms with Crippen molar-refractivity contribution < 1.29 is 9.47 Å². The molecule has 0 fully saturated rings. The van der Waals surface area contributed by atoms with E-state index in [1.165, 1.54) is 0 Å². The largest absolute Gasteiger partial charge is 0.439 e. The third-order valence-corrected chi connectivity index (χ3v) is 3.23. The van der Waals surface area contributed by atoms with Crippen LogP contribution in [0.3, 0.4) is 0 Å². The van der Waals surface area contributed by atoms with Crippen molar-refractivity contribution in [2.45, 2.75) is 20.5 Å². The summed E-state index contributed by atoms with van der Waals surface area (Å²) in [7, 11) is 0. The Morgan fingerprint density at radius 2 is 2.05 bits per heavy atom. The van der Waals surface area contributed by atoms with Gasteiger partial charge in [0.15, 0.2) is 5.82 Å². The lowest BCUT2D eigenvalue weighted by Crippen LogP contribution is -2.06. The smallest absolute Gasteiger partial charge is 0.224 e. The molecule has 0 radical (unpaired) electrons. The number of nitrogens with one attached hydrogen (secondary N) is 1. The zero-order chi connectivity index (χ0) is 15.1. The first kappa shape index (κ1) is 16.0. The van der Waals surface area contributed by atoms with Gasteiger partial charge in [-0.25, -0.2) is 4.98 Å². The summed E-state index contributed by atoms with van der Waals surface area (Å²) < 4.78 is 12.3. The molecule has 112 valence electrons. The Balaban J connectivity index is 2.22. The molecule has 0 aliphatic heterocycles. The molecule has 0 spiro atoms. The zero-order valence-electron chi connectivity index (χ0n) is 12.1. The third-order valence-electron chi connectivity index (χ3n) is 2.56. The minimum Gasteiger partial charge on any atom is -0.439 e. The predicted molar refractivity (Wildman–Crippen MR) is 90.8 cm³/mol. The van der Waals surface area contributed by atoms with Crippen LogP contribution in [0.2, 0.25) is 0 Å². The first-order chi connectivity index (χ1) is 10.2. The summed E-state index contributed by atoms with van der Waals surface area (Å²) in [4.78, 5) is 8.77. The second-order valence-corrected chi connectivity index (χ2v) is 5.48. The van der Waals surface area contributed by atoms with Crippen LogP contribution in [0.5, 0.6) is 11.6 Å². The number of hydrogen-bond donors (Lipinski definition) is 1. The molecule has 6 heteroatoms. The van der Waals surface area contributed by atoms with E-state index in [0.717, 1.165) is 21.7 Å². The van der Waals surface area contributed by atoms with Gasteiger partial charge >= 0.3 is 0 Å². The van der Waals surface area contributed by atoms with Gasteiger partial charge in [0.1, 0.15) is 18.2 Å². The Morgan fingerprint density at radius 3 is 2.76 bits per heavy atom. The molecule has 0 unspecified atom stereocenters. The van der Waals surface area contributed by atoms with E-state index in [-0.39, 0.29) is 0 Å². The van der Waals surface area contributed by atoms with E-state index in [2.05, 4.69) is 37.9 Å². The van der Waals surface area contributed by atoms with Crippen molar-refractivity contribution in [3.63, 3.8) is 0 Å². The summed E-state index contributed by atoms with van der Waals surface area (Å²) >= 11 is 2.25. The number of rotatable bonds is 7. The average molecular weight is 399 g/mol. The topological polar surface area (TPSA) is 56.3 Å². The summed E-state index contributed by atoms with van der Waals surface area (Å²) in [5.74, 6) is 2.61. The van der Waals surface area contributed by atoms with E-state index in [1.807, 2.05) is 38.1 Å². The summed E-state index contributed by atoms with van der Waals surface area (Å²) in [6.07, 6.45) is 0. The second kappa shape index (κ2) is 8.14. The van der Waals surface area contributed by atoms with Gasteiger partial charge in [0.2, 0.25) is 5.88 Å². The minimum atomic E-state index is 0.373. The van der Waals surface area contributed by atoms with Crippen LogP contribution in [-0.4, -0.2) is 23.1 Å². The zero-order valence-corrected chi connectivity index (χ0v) is 14.3. The number of aromatic nitrogens is 2. The molecule has 2 rings (SSSR count). The van der Waals surface area contributed by atoms with Crippen molar-refractivity contribution in [2.75, 3.05) is 18.5 Å². The van der Waals surface area contributed by atoms with Crippen molar-refractivity contribution >= 4 is 28.4 Å². The number of benzene rings is 1. The van der Waals surface area contributed by atoms with Crippen molar-refractivity contribution in [2.24, 2.45) is 0 Å². The molecule has 0 saturated heterocycles. The molecule has 1 aromatic carbocycles. The molecule has 0 atom stereocenters. The normalized spacial score (nSPS) is 10.4. The number of anilines is 1. The van der Waals surface area contributed by atoms with Gasteiger partial charge in [0.05, 0.1) is 0 Å². The molecule has 0 bridgehead atoms. The van der Waals surface area contributed by atoms with Crippen LogP contribution in [0.15, 0.2) is 30.3 Å². The van der Waals surface area contributed by atoms with Crippen LogP contribution in [0, 0.1) is 3.57 Å². The molecule has 0 saturated carbocycles. The van der Waals surface area contributed by atoms with Gasteiger partial charge in [0.25, 0.3) is 0 Å². The van der Waals surface area contributed by atoms with Crippen LogP contribution < -0.4 is 10.1 Å². The first-order valence-corrected chi connectivity index (χ1v) is 7.92. The highest BCUT2D eigenvalue weighted by Gasteiger charge is 2.07. The van der Waals surface area contributed by atoms with E-state index in [1.54, 1.807) is 6.07 Å². The predicted octanol–water partition coefficient (Wildman–Crippen LogP) is 3.84. The monoisotopic (exact) mass is 399 g/mol. The minimum absolute atomic E-state index is 0.373. The molecule has 1 aromatic heterocycles. The standard InChI is InChI=1S/C15H18IN3O2/c1-3-17-13-9-15(19-14(18-13)10-20-4-2)21-12-7-5-6-11(16)8-12/h5-9H,3-4,10H2,1-2H3,(H,17,18,19). The van der Waals surface area contributed by atoms with Gasteiger partial charge in [-0.2, -0.15) is 4.98 Å². The van der Waals surface area contributed by atoms with Crippen LogP contribution >= 0.6 is 22.6 Å². The Morgan fingerprint density at radius 1 is 1.19 bits per heavy atom. The quantitative estimate of drug-likeness (QED) is 0.717. The molecule has 21 heavy (non-hydrogen) atoms. The highest BCUT2D eigenvalue weighted by molar-refractivity contribution is 14.1. The van der Waals surface area contributed by atoms with Gasteiger partial charge < -0.3 is 14.8 Å². The summed E-state index contributed by atoms with van der Waals surface area (Å²) in [5, 5.41) is 3.17. The lowest BCUT2D eigenvalue weighted by atomic mass is 10.3. The lowest BCUT2D eigenvalue weighted by Gasteiger charge is -2.10. The fraction of sp³-hybridized carbons (Fsp3) is 0.333. The maximum atomic E-state index is 5.82. The van der Waals surface area contributed by atoms with Crippen LogP contribution in [-0.2, 0) is 11.3 Å². The van der Waals surface area contributed by atoms with Gasteiger partial charge in [-0.05, 0) is 54.6 Å². The fourth-order valence-corrected chi connectivity index (χ4v) is 2.22. The van der Waals surface area contributed by atoms with Crippen LogP contribution in [0.1, 0.15) is 19.7 Å². The molecular weight excluding hydrogens is 381 g/mol. The number of halogens is 1. The summed E-state index contributed by atoms with van der Waals surface area (Å²) in [5.41, 5.74) is 0. The van der Waals surface area contributed by atoms with Gasteiger partial charge in [-0.15, -0.1) is 0 Å². The average Bonchev–Trinajstić information content (AvgIpc) is 2.45. The van der Waals surface area contributed by atoms with Crippen molar-refractivity contribution in [3.05, 3.63) is 39.7 Å². The molecule has 0 aliphatic carbocycles. The van der Waals surface area contributed by atoms with E-state index < -0.39 is 0 Å². The maximum Gasteiger partial charge on any atom is 0.224 e. The molecular formula is C15H18IN3O2. The molecule has 1 heterocycles. The Hall–Kier alpha value is -1.41. The van der Waals surface area contributed by atoms with E-state index >= 15 is 0 Å².